The van der Waals surface area contributed by atoms with Gasteiger partial charge in [0.1, 0.15) is 16.5 Å². The standard InChI is InChI=1S/C29H28ClF2N3O6S/c1-38-27-17-21-24(18-28(27)40-12-2-9-35-10-13-39-14-11-35)33-8-7-25(21)41-26-5-4-20(16-22(26)31)34-42(36,37)29-6-3-19(30)15-23(29)32/h3-8,15-18,34H,2,9-14H2,1H3. The first-order valence-corrected chi connectivity index (χ1v) is 14.9. The Morgan fingerprint density at radius 1 is 0.976 bits per heavy atom. The van der Waals surface area contributed by atoms with E-state index in [4.69, 9.17) is 30.5 Å². The SMILES string of the molecule is COc1cc2c(Oc3ccc(NS(=O)(=O)c4ccc(Cl)cc4F)cc3F)ccnc2cc1OCCCN1CCOCC1. The van der Waals surface area contributed by atoms with Crippen LogP contribution in [0.3, 0.4) is 0 Å². The maximum absolute atomic E-state index is 15.0. The number of anilines is 1. The van der Waals surface area contributed by atoms with Gasteiger partial charge in [-0.2, -0.15) is 0 Å². The largest absolute Gasteiger partial charge is 0.493 e. The molecule has 222 valence electrons. The number of hydrogen-bond donors (Lipinski definition) is 1. The number of pyridine rings is 1. The number of aromatic nitrogens is 1. The molecule has 4 aromatic rings. The number of fused-ring (bicyclic) bond motifs is 1. The second-order valence-electron chi connectivity index (χ2n) is 9.41. The molecule has 1 saturated heterocycles. The van der Waals surface area contributed by atoms with Gasteiger partial charge in [0, 0.05) is 48.4 Å². The topological polar surface area (TPSA) is 99.2 Å². The number of nitrogens with zero attached hydrogens (tertiary/aromatic N) is 2. The molecule has 42 heavy (non-hydrogen) atoms. The third-order valence-corrected chi connectivity index (χ3v) is 8.20. The van der Waals surface area contributed by atoms with E-state index >= 15 is 4.39 Å². The molecule has 0 atom stereocenters. The predicted molar refractivity (Wildman–Crippen MR) is 154 cm³/mol. The number of halogens is 3. The van der Waals surface area contributed by atoms with E-state index in [0.29, 0.717) is 34.8 Å². The van der Waals surface area contributed by atoms with Gasteiger partial charge in [0.25, 0.3) is 10.0 Å². The first-order valence-electron chi connectivity index (χ1n) is 13.1. The average molecular weight is 620 g/mol. The van der Waals surface area contributed by atoms with Crippen LogP contribution in [-0.2, 0) is 14.8 Å². The summed E-state index contributed by atoms with van der Waals surface area (Å²) in [5.74, 6) is -0.748. The molecule has 13 heteroatoms. The summed E-state index contributed by atoms with van der Waals surface area (Å²) in [6, 6.07) is 11.7. The monoisotopic (exact) mass is 619 g/mol. The molecule has 0 amide bonds. The number of rotatable bonds is 11. The normalized spacial score (nSPS) is 14.1. The van der Waals surface area contributed by atoms with Gasteiger partial charge >= 0.3 is 0 Å². The van der Waals surface area contributed by atoms with Crippen molar-refractivity contribution in [3.05, 3.63) is 77.5 Å². The summed E-state index contributed by atoms with van der Waals surface area (Å²) < 4.78 is 79.4. The number of ether oxygens (including phenoxy) is 4. The summed E-state index contributed by atoms with van der Waals surface area (Å²) in [7, 11) is -2.82. The van der Waals surface area contributed by atoms with Crippen LogP contribution in [0.15, 0.2) is 65.7 Å². The van der Waals surface area contributed by atoms with Crippen molar-refractivity contribution in [3.63, 3.8) is 0 Å². The molecule has 1 aliphatic rings. The van der Waals surface area contributed by atoms with Crippen LogP contribution in [0.2, 0.25) is 5.02 Å². The van der Waals surface area contributed by atoms with Crippen molar-refractivity contribution in [2.75, 3.05) is 51.3 Å². The minimum atomic E-state index is -4.34. The molecule has 1 N–H and O–H groups in total. The highest BCUT2D eigenvalue weighted by Crippen LogP contribution is 2.38. The van der Waals surface area contributed by atoms with Gasteiger partial charge in [0.05, 0.1) is 38.1 Å². The zero-order valence-corrected chi connectivity index (χ0v) is 24.2. The zero-order chi connectivity index (χ0) is 29.7. The maximum Gasteiger partial charge on any atom is 0.264 e. The number of methoxy groups -OCH3 is 1. The molecule has 0 bridgehead atoms. The Hall–Kier alpha value is -3.71. The molecular formula is C29H28ClF2N3O6S. The van der Waals surface area contributed by atoms with Crippen LogP contribution in [0.1, 0.15) is 6.42 Å². The Kier molecular flexibility index (Phi) is 9.27. The van der Waals surface area contributed by atoms with E-state index in [0.717, 1.165) is 57.5 Å². The number of benzene rings is 3. The van der Waals surface area contributed by atoms with Crippen LogP contribution in [0.4, 0.5) is 14.5 Å². The lowest BCUT2D eigenvalue weighted by Gasteiger charge is -2.26. The molecule has 0 unspecified atom stereocenters. The Morgan fingerprint density at radius 2 is 1.79 bits per heavy atom. The highest BCUT2D eigenvalue weighted by molar-refractivity contribution is 7.92. The van der Waals surface area contributed by atoms with E-state index < -0.39 is 26.6 Å². The van der Waals surface area contributed by atoms with Gasteiger partial charge < -0.3 is 18.9 Å². The first-order chi connectivity index (χ1) is 20.2. The van der Waals surface area contributed by atoms with Gasteiger partial charge in [0.2, 0.25) is 0 Å². The molecule has 9 nitrogen and oxygen atoms in total. The summed E-state index contributed by atoms with van der Waals surface area (Å²) >= 11 is 5.70. The lowest BCUT2D eigenvalue weighted by atomic mass is 10.1. The van der Waals surface area contributed by atoms with E-state index in [2.05, 4.69) is 14.6 Å². The van der Waals surface area contributed by atoms with Crippen molar-refractivity contribution in [2.24, 2.45) is 0 Å². The Balaban J connectivity index is 1.30. The summed E-state index contributed by atoms with van der Waals surface area (Å²) in [6.45, 7) is 4.70. The molecule has 1 aromatic heterocycles. The number of hydrogen-bond acceptors (Lipinski definition) is 8. The van der Waals surface area contributed by atoms with Crippen LogP contribution in [0.5, 0.6) is 23.0 Å². The second kappa shape index (κ2) is 13.1. The van der Waals surface area contributed by atoms with E-state index in [9.17, 15) is 12.8 Å². The van der Waals surface area contributed by atoms with E-state index in [-0.39, 0.29) is 16.5 Å². The number of nitrogens with one attached hydrogen (secondary N) is 1. The molecule has 3 aromatic carbocycles. The van der Waals surface area contributed by atoms with Crippen molar-refractivity contribution < 1.29 is 36.1 Å². The Morgan fingerprint density at radius 3 is 2.52 bits per heavy atom. The summed E-state index contributed by atoms with van der Waals surface area (Å²) in [6.07, 6.45) is 2.35. The Bertz CT molecular complexity index is 1690. The zero-order valence-electron chi connectivity index (χ0n) is 22.6. The van der Waals surface area contributed by atoms with Crippen LogP contribution in [0.25, 0.3) is 10.9 Å². The molecule has 1 fully saturated rings. The fraction of sp³-hybridized carbons (Fsp3) is 0.276. The molecule has 5 rings (SSSR count). The number of morpholine rings is 1. The van der Waals surface area contributed by atoms with Crippen LogP contribution in [-0.4, -0.2) is 64.9 Å². The summed E-state index contributed by atoms with van der Waals surface area (Å²) in [5, 5.41) is 0.598. The molecule has 1 aliphatic heterocycles. The van der Waals surface area contributed by atoms with Gasteiger partial charge in [0.15, 0.2) is 23.1 Å². The molecule has 0 saturated carbocycles. The first kappa shape index (κ1) is 29.8. The molecule has 2 heterocycles. The molecular weight excluding hydrogens is 592 g/mol. The third-order valence-electron chi connectivity index (χ3n) is 6.55. The van der Waals surface area contributed by atoms with E-state index in [1.165, 1.54) is 31.5 Å². The molecule has 0 aliphatic carbocycles. The third kappa shape index (κ3) is 7.01. The van der Waals surface area contributed by atoms with Crippen molar-refractivity contribution in [2.45, 2.75) is 11.3 Å². The van der Waals surface area contributed by atoms with Crippen LogP contribution in [0, 0.1) is 11.6 Å². The average Bonchev–Trinajstić information content (AvgIpc) is 2.96. The fourth-order valence-electron chi connectivity index (χ4n) is 4.45. The smallest absolute Gasteiger partial charge is 0.264 e. The quantitative estimate of drug-likeness (QED) is 0.208. The van der Waals surface area contributed by atoms with Gasteiger partial charge in [-0.05, 0) is 48.9 Å². The van der Waals surface area contributed by atoms with Crippen molar-refractivity contribution >= 4 is 38.2 Å². The van der Waals surface area contributed by atoms with Crippen LogP contribution >= 0.6 is 11.6 Å². The van der Waals surface area contributed by atoms with Crippen molar-refractivity contribution in [1.82, 2.24) is 9.88 Å². The minimum absolute atomic E-state index is 0.0449. The van der Waals surface area contributed by atoms with Gasteiger partial charge in [-0.25, -0.2) is 17.2 Å². The summed E-state index contributed by atoms with van der Waals surface area (Å²) in [5.41, 5.74) is 0.428. The van der Waals surface area contributed by atoms with Crippen molar-refractivity contribution in [1.29, 1.82) is 0 Å². The summed E-state index contributed by atoms with van der Waals surface area (Å²) in [4.78, 5) is 6.10. The number of sulfonamides is 1. The van der Waals surface area contributed by atoms with Gasteiger partial charge in [-0.1, -0.05) is 11.6 Å². The second-order valence-corrected chi connectivity index (χ2v) is 11.5. The van der Waals surface area contributed by atoms with Crippen molar-refractivity contribution in [3.8, 4) is 23.0 Å². The predicted octanol–water partition coefficient (Wildman–Crippen LogP) is 5.87. The van der Waals surface area contributed by atoms with Gasteiger partial charge in [-0.3, -0.25) is 14.6 Å². The highest BCUT2D eigenvalue weighted by atomic mass is 35.5. The molecule has 0 spiro atoms. The maximum atomic E-state index is 15.0. The lowest BCUT2D eigenvalue weighted by molar-refractivity contribution is 0.0357. The van der Waals surface area contributed by atoms with Crippen LogP contribution < -0.4 is 18.9 Å². The van der Waals surface area contributed by atoms with E-state index in [1.54, 1.807) is 18.2 Å². The molecule has 0 radical (unpaired) electrons. The van der Waals surface area contributed by atoms with E-state index in [1.807, 2.05) is 0 Å². The van der Waals surface area contributed by atoms with Gasteiger partial charge in [-0.15, -0.1) is 0 Å². The highest BCUT2D eigenvalue weighted by Gasteiger charge is 2.21. The Labute approximate surface area is 247 Å². The minimum Gasteiger partial charge on any atom is -0.493 e. The fourth-order valence-corrected chi connectivity index (χ4v) is 5.72. The lowest BCUT2D eigenvalue weighted by Crippen LogP contribution is -2.37.